The Morgan fingerprint density at radius 1 is 1.04 bits per heavy atom. The highest BCUT2D eigenvalue weighted by atomic mass is 16.6. The monoisotopic (exact) mass is 323 g/mol. The Balaban J connectivity index is 1.94. The minimum Gasteiger partial charge on any atom is -0.493 e. The summed E-state index contributed by atoms with van der Waals surface area (Å²) < 4.78 is 15.7. The maximum atomic E-state index is 12.1. The quantitative estimate of drug-likeness (QED) is 0.639. The first-order valence-corrected chi connectivity index (χ1v) is 7.42. The molecule has 0 aliphatic carbocycles. The van der Waals surface area contributed by atoms with E-state index >= 15 is 0 Å². The number of esters is 1. The molecule has 24 heavy (non-hydrogen) atoms. The molecule has 0 amide bonds. The third kappa shape index (κ3) is 3.15. The molecule has 0 unspecified atom stereocenters. The Kier molecular flexibility index (Phi) is 4.33. The van der Waals surface area contributed by atoms with Gasteiger partial charge >= 0.3 is 5.97 Å². The summed E-state index contributed by atoms with van der Waals surface area (Å²) in [4.78, 5) is 16.4. The number of aryl methyl sites for hydroxylation is 1. The molecule has 0 spiro atoms. The molecule has 0 saturated carbocycles. The molecule has 122 valence electrons. The summed E-state index contributed by atoms with van der Waals surface area (Å²) in [7, 11) is 3.11. The van der Waals surface area contributed by atoms with Gasteiger partial charge in [-0.15, -0.1) is 0 Å². The first-order valence-electron chi connectivity index (χ1n) is 7.42. The molecule has 0 aromatic heterocycles. The van der Waals surface area contributed by atoms with E-state index in [1.54, 1.807) is 38.5 Å². The Morgan fingerprint density at radius 2 is 1.83 bits per heavy atom. The van der Waals surface area contributed by atoms with Crippen LogP contribution in [0.15, 0.2) is 53.2 Å². The highest BCUT2D eigenvalue weighted by Gasteiger charge is 2.25. The molecule has 5 heteroatoms. The first-order chi connectivity index (χ1) is 11.6. The van der Waals surface area contributed by atoms with E-state index in [2.05, 4.69) is 4.99 Å². The van der Waals surface area contributed by atoms with E-state index in [1.807, 2.05) is 31.2 Å². The second kappa shape index (κ2) is 6.58. The molecular weight excluding hydrogens is 306 g/mol. The fourth-order valence-electron chi connectivity index (χ4n) is 2.42. The van der Waals surface area contributed by atoms with Crippen molar-refractivity contribution in [3.63, 3.8) is 0 Å². The van der Waals surface area contributed by atoms with E-state index in [0.29, 0.717) is 17.1 Å². The molecule has 0 fully saturated rings. The van der Waals surface area contributed by atoms with Gasteiger partial charge in [0.2, 0.25) is 5.90 Å². The molecule has 2 aromatic rings. The van der Waals surface area contributed by atoms with Gasteiger partial charge < -0.3 is 14.2 Å². The molecule has 1 heterocycles. The summed E-state index contributed by atoms with van der Waals surface area (Å²) >= 11 is 0. The third-order valence-electron chi connectivity index (χ3n) is 3.60. The highest BCUT2D eigenvalue weighted by Crippen LogP contribution is 2.29. The van der Waals surface area contributed by atoms with E-state index in [0.717, 1.165) is 11.1 Å². The molecule has 0 atom stereocenters. The second-order valence-corrected chi connectivity index (χ2v) is 5.32. The van der Waals surface area contributed by atoms with Crippen molar-refractivity contribution in [2.75, 3.05) is 14.2 Å². The molecular formula is C19H17NO4. The molecule has 0 radical (unpaired) electrons. The van der Waals surface area contributed by atoms with Gasteiger partial charge in [0.15, 0.2) is 17.2 Å². The van der Waals surface area contributed by atoms with Crippen molar-refractivity contribution >= 4 is 17.9 Å². The second-order valence-electron chi connectivity index (χ2n) is 5.32. The summed E-state index contributed by atoms with van der Waals surface area (Å²) in [5, 5.41) is 0. The topological polar surface area (TPSA) is 57.1 Å². The number of carbonyl (C=O) groups excluding carboxylic acids is 1. The number of benzene rings is 2. The van der Waals surface area contributed by atoms with E-state index in [1.165, 1.54) is 0 Å². The van der Waals surface area contributed by atoms with Crippen LogP contribution in [0.5, 0.6) is 11.5 Å². The van der Waals surface area contributed by atoms with Crippen molar-refractivity contribution in [3.8, 4) is 11.5 Å². The van der Waals surface area contributed by atoms with Crippen molar-refractivity contribution in [1.29, 1.82) is 0 Å². The minimum absolute atomic E-state index is 0.250. The van der Waals surface area contributed by atoms with Gasteiger partial charge in [0.05, 0.1) is 14.2 Å². The van der Waals surface area contributed by atoms with Crippen LogP contribution in [-0.2, 0) is 9.53 Å². The van der Waals surface area contributed by atoms with Crippen LogP contribution in [0.1, 0.15) is 16.7 Å². The van der Waals surface area contributed by atoms with Crippen LogP contribution < -0.4 is 9.47 Å². The van der Waals surface area contributed by atoms with Crippen LogP contribution in [0.2, 0.25) is 0 Å². The van der Waals surface area contributed by atoms with E-state index in [9.17, 15) is 4.79 Å². The maximum Gasteiger partial charge on any atom is 0.363 e. The van der Waals surface area contributed by atoms with Gasteiger partial charge in [-0.3, -0.25) is 0 Å². The fraction of sp³-hybridized carbons (Fsp3) is 0.158. The lowest BCUT2D eigenvalue weighted by Gasteiger charge is -2.08. The van der Waals surface area contributed by atoms with Crippen LogP contribution in [0.25, 0.3) is 6.08 Å². The van der Waals surface area contributed by atoms with Crippen LogP contribution in [0.3, 0.4) is 0 Å². The zero-order chi connectivity index (χ0) is 17.1. The predicted molar refractivity (Wildman–Crippen MR) is 91.3 cm³/mol. The molecule has 1 aliphatic heterocycles. The summed E-state index contributed by atoms with van der Waals surface area (Å²) in [5.41, 5.74) is 2.93. The van der Waals surface area contributed by atoms with E-state index < -0.39 is 5.97 Å². The number of hydrogen-bond donors (Lipinski definition) is 0. The number of methoxy groups -OCH3 is 2. The SMILES string of the molecule is COc1ccc(C2=N/C(=C/c3cccc(C)c3)C(=O)O2)cc1OC. The standard InChI is InChI=1S/C19H17NO4/c1-12-5-4-6-13(9-12)10-15-19(21)24-18(20-15)14-7-8-16(22-2)17(11-14)23-3/h4-11H,1-3H3/b15-10+. The van der Waals surface area contributed by atoms with Gasteiger partial charge in [-0.1, -0.05) is 29.8 Å². The largest absolute Gasteiger partial charge is 0.493 e. The lowest BCUT2D eigenvalue weighted by atomic mass is 10.1. The van der Waals surface area contributed by atoms with Crippen molar-refractivity contribution in [1.82, 2.24) is 0 Å². The number of hydrogen-bond acceptors (Lipinski definition) is 5. The number of rotatable bonds is 4. The molecule has 5 nitrogen and oxygen atoms in total. The Bertz CT molecular complexity index is 852. The molecule has 2 aromatic carbocycles. The smallest absolute Gasteiger partial charge is 0.363 e. The molecule has 0 N–H and O–H groups in total. The van der Waals surface area contributed by atoms with Crippen LogP contribution in [-0.4, -0.2) is 26.1 Å². The Morgan fingerprint density at radius 3 is 2.54 bits per heavy atom. The number of carbonyl (C=O) groups is 1. The number of nitrogens with zero attached hydrogens (tertiary/aromatic N) is 1. The zero-order valence-corrected chi connectivity index (χ0v) is 13.7. The van der Waals surface area contributed by atoms with E-state index in [-0.39, 0.29) is 11.6 Å². The lowest BCUT2D eigenvalue weighted by molar-refractivity contribution is -0.129. The van der Waals surface area contributed by atoms with Gasteiger partial charge in [0.25, 0.3) is 0 Å². The van der Waals surface area contributed by atoms with Gasteiger partial charge in [0, 0.05) is 5.56 Å². The summed E-state index contributed by atoms with van der Waals surface area (Å²) in [6, 6.07) is 13.0. The number of ether oxygens (including phenoxy) is 3. The third-order valence-corrected chi connectivity index (χ3v) is 3.60. The normalized spacial score (nSPS) is 15.2. The average Bonchev–Trinajstić information content (AvgIpc) is 2.95. The van der Waals surface area contributed by atoms with Crippen molar-refractivity contribution in [2.24, 2.45) is 4.99 Å². The Hall–Kier alpha value is -3.08. The van der Waals surface area contributed by atoms with Gasteiger partial charge in [0.1, 0.15) is 0 Å². The van der Waals surface area contributed by atoms with Crippen molar-refractivity contribution in [2.45, 2.75) is 6.92 Å². The van der Waals surface area contributed by atoms with Gasteiger partial charge in [-0.2, -0.15) is 0 Å². The van der Waals surface area contributed by atoms with E-state index in [4.69, 9.17) is 14.2 Å². The number of cyclic esters (lactones) is 1. The van der Waals surface area contributed by atoms with Gasteiger partial charge in [-0.25, -0.2) is 9.79 Å². The lowest BCUT2D eigenvalue weighted by Crippen LogP contribution is -2.05. The van der Waals surface area contributed by atoms with Crippen molar-refractivity contribution < 1.29 is 19.0 Å². The molecule has 3 rings (SSSR count). The highest BCUT2D eigenvalue weighted by molar-refractivity contribution is 6.13. The average molecular weight is 323 g/mol. The fourth-order valence-corrected chi connectivity index (χ4v) is 2.42. The summed E-state index contributed by atoms with van der Waals surface area (Å²) in [5.74, 6) is 0.924. The minimum atomic E-state index is -0.471. The Labute approximate surface area is 140 Å². The number of aliphatic imine (C=N–C) groups is 1. The zero-order valence-electron chi connectivity index (χ0n) is 13.7. The van der Waals surface area contributed by atoms with Gasteiger partial charge in [-0.05, 0) is 36.8 Å². The molecule has 0 saturated heterocycles. The summed E-state index contributed by atoms with van der Waals surface area (Å²) in [6.45, 7) is 1.99. The maximum absolute atomic E-state index is 12.1. The van der Waals surface area contributed by atoms with Crippen LogP contribution in [0, 0.1) is 6.92 Å². The van der Waals surface area contributed by atoms with Crippen molar-refractivity contribution in [3.05, 3.63) is 64.9 Å². The molecule has 1 aliphatic rings. The molecule has 0 bridgehead atoms. The van der Waals surface area contributed by atoms with Crippen LogP contribution in [0.4, 0.5) is 0 Å². The van der Waals surface area contributed by atoms with Crippen LogP contribution >= 0.6 is 0 Å². The first kappa shape index (κ1) is 15.8. The predicted octanol–water partition coefficient (Wildman–Crippen LogP) is 3.36. The summed E-state index contributed by atoms with van der Waals surface area (Å²) in [6.07, 6.45) is 1.71.